The van der Waals surface area contributed by atoms with Crippen molar-refractivity contribution in [1.29, 1.82) is 0 Å². The van der Waals surface area contributed by atoms with E-state index in [-0.39, 0.29) is 0 Å². The van der Waals surface area contributed by atoms with E-state index in [0.29, 0.717) is 0 Å². The molecule has 2 rings (SSSR count). The third-order valence-corrected chi connectivity index (χ3v) is 2.94. The highest BCUT2D eigenvalue weighted by Crippen LogP contribution is 2.13. The van der Waals surface area contributed by atoms with Gasteiger partial charge in [-0.3, -0.25) is 0 Å². The number of nitrogens with one attached hydrogen (secondary N) is 1. The Bertz CT molecular complexity index is 328. The molecule has 0 spiro atoms. The molecule has 2 heteroatoms. The van der Waals surface area contributed by atoms with Gasteiger partial charge in [0.05, 0.1) is 0 Å². The van der Waals surface area contributed by atoms with Crippen LogP contribution in [0.3, 0.4) is 0 Å². The lowest BCUT2D eigenvalue weighted by Crippen LogP contribution is -2.22. The normalized spacial score (nSPS) is 16.9. The summed E-state index contributed by atoms with van der Waals surface area (Å²) >= 11 is 0. The fourth-order valence-corrected chi connectivity index (χ4v) is 1.96. The zero-order valence-electron chi connectivity index (χ0n) is 9.01. The van der Waals surface area contributed by atoms with E-state index in [1.807, 2.05) is 0 Å². The molecule has 0 aliphatic carbocycles. The molecule has 1 aliphatic heterocycles. The van der Waals surface area contributed by atoms with Crippen LogP contribution in [0.25, 0.3) is 0 Å². The molecule has 1 N–H and O–H groups in total. The van der Waals surface area contributed by atoms with Crippen LogP contribution in [0.15, 0.2) is 23.8 Å². The smallest absolute Gasteiger partial charge is 0.0435 e. The third-order valence-electron chi connectivity index (χ3n) is 2.94. The Hall–Kier alpha value is -1.02. The maximum Gasteiger partial charge on any atom is 0.0435 e. The molecular weight excluding hydrogens is 172 g/mol. The molecule has 1 aliphatic rings. The van der Waals surface area contributed by atoms with Gasteiger partial charge in [-0.2, -0.15) is 0 Å². The second kappa shape index (κ2) is 4.01. The summed E-state index contributed by atoms with van der Waals surface area (Å²) in [5.74, 6) is 0. The summed E-state index contributed by atoms with van der Waals surface area (Å²) in [6, 6.07) is 4.38. The summed E-state index contributed by atoms with van der Waals surface area (Å²) in [4.78, 5) is 0. The Morgan fingerprint density at radius 2 is 2.00 bits per heavy atom. The van der Waals surface area contributed by atoms with Crippen LogP contribution in [0.4, 0.5) is 0 Å². The fraction of sp³-hybridized carbons (Fsp3) is 0.500. The highest BCUT2D eigenvalue weighted by atomic mass is 15.0. The SMILES string of the molecule is Cc1ccc(C)n1CC1=CCNCC1. The van der Waals surface area contributed by atoms with E-state index < -0.39 is 0 Å². The first-order chi connectivity index (χ1) is 6.77. The lowest BCUT2D eigenvalue weighted by molar-refractivity contribution is 0.638. The molecule has 1 aromatic rings. The van der Waals surface area contributed by atoms with Crippen molar-refractivity contribution in [3.8, 4) is 0 Å². The minimum Gasteiger partial charge on any atom is -0.345 e. The first kappa shape index (κ1) is 9.53. The molecule has 0 atom stereocenters. The van der Waals surface area contributed by atoms with Gasteiger partial charge in [-0.05, 0) is 38.9 Å². The van der Waals surface area contributed by atoms with E-state index in [1.54, 1.807) is 5.57 Å². The van der Waals surface area contributed by atoms with Gasteiger partial charge in [0.2, 0.25) is 0 Å². The van der Waals surface area contributed by atoms with Gasteiger partial charge in [0.25, 0.3) is 0 Å². The minimum atomic E-state index is 1.04. The van der Waals surface area contributed by atoms with Gasteiger partial charge in [0, 0.05) is 24.5 Å². The molecule has 14 heavy (non-hydrogen) atoms. The molecular formula is C12H18N2. The number of hydrogen-bond acceptors (Lipinski definition) is 1. The second-order valence-electron chi connectivity index (χ2n) is 4.02. The van der Waals surface area contributed by atoms with Crippen LogP contribution in [0.2, 0.25) is 0 Å². The Kier molecular flexibility index (Phi) is 2.73. The third kappa shape index (κ3) is 1.90. The van der Waals surface area contributed by atoms with Crippen molar-refractivity contribution in [2.45, 2.75) is 26.8 Å². The molecule has 0 amide bonds. The molecule has 0 saturated carbocycles. The standard InChI is InChI=1S/C12H18N2/c1-10-3-4-11(2)14(10)9-12-5-7-13-8-6-12/h3-5,13H,6-9H2,1-2H3. The van der Waals surface area contributed by atoms with Crippen molar-refractivity contribution in [1.82, 2.24) is 9.88 Å². The number of rotatable bonds is 2. The number of nitrogens with zero attached hydrogens (tertiary/aromatic N) is 1. The molecule has 0 unspecified atom stereocenters. The van der Waals surface area contributed by atoms with Gasteiger partial charge >= 0.3 is 0 Å². The zero-order valence-corrected chi connectivity index (χ0v) is 9.01. The van der Waals surface area contributed by atoms with E-state index in [2.05, 4.69) is 41.9 Å². The molecule has 0 saturated heterocycles. The van der Waals surface area contributed by atoms with Crippen LogP contribution >= 0.6 is 0 Å². The van der Waals surface area contributed by atoms with Crippen molar-refractivity contribution in [3.05, 3.63) is 35.2 Å². The lowest BCUT2D eigenvalue weighted by atomic mass is 10.1. The quantitative estimate of drug-likeness (QED) is 0.706. The Morgan fingerprint density at radius 3 is 2.57 bits per heavy atom. The molecule has 2 heterocycles. The summed E-state index contributed by atoms with van der Waals surface area (Å²) in [5.41, 5.74) is 4.29. The van der Waals surface area contributed by atoms with Gasteiger partial charge < -0.3 is 9.88 Å². The zero-order chi connectivity index (χ0) is 9.97. The Morgan fingerprint density at radius 1 is 1.29 bits per heavy atom. The summed E-state index contributed by atoms with van der Waals surface area (Å²) < 4.78 is 2.39. The van der Waals surface area contributed by atoms with Crippen LogP contribution in [0.5, 0.6) is 0 Å². The average molecular weight is 190 g/mol. The topological polar surface area (TPSA) is 17.0 Å². The van der Waals surface area contributed by atoms with E-state index >= 15 is 0 Å². The lowest BCUT2D eigenvalue weighted by Gasteiger charge is -2.16. The van der Waals surface area contributed by atoms with Crippen LogP contribution in [-0.4, -0.2) is 17.7 Å². The molecule has 0 aromatic carbocycles. The number of aromatic nitrogens is 1. The van der Waals surface area contributed by atoms with Crippen molar-refractivity contribution >= 4 is 0 Å². The van der Waals surface area contributed by atoms with Crippen molar-refractivity contribution in [2.24, 2.45) is 0 Å². The van der Waals surface area contributed by atoms with E-state index in [0.717, 1.165) is 19.6 Å². The first-order valence-electron chi connectivity index (χ1n) is 5.29. The molecule has 0 radical (unpaired) electrons. The van der Waals surface area contributed by atoms with Crippen LogP contribution in [-0.2, 0) is 6.54 Å². The molecule has 1 aromatic heterocycles. The minimum absolute atomic E-state index is 1.04. The highest BCUT2D eigenvalue weighted by Gasteiger charge is 2.06. The predicted molar refractivity (Wildman–Crippen MR) is 59.5 cm³/mol. The second-order valence-corrected chi connectivity index (χ2v) is 4.02. The summed E-state index contributed by atoms with van der Waals surface area (Å²) in [5, 5.41) is 3.34. The van der Waals surface area contributed by atoms with E-state index in [4.69, 9.17) is 0 Å². The number of hydrogen-bond donors (Lipinski definition) is 1. The van der Waals surface area contributed by atoms with Crippen LogP contribution in [0, 0.1) is 13.8 Å². The number of aryl methyl sites for hydroxylation is 2. The highest BCUT2D eigenvalue weighted by molar-refractivity contribution is 5.17. The van der Waals surface area contributed by atoms with Crippen molar-refractivity contribution < 1.29 is 0 Å². The van der Waals surface area contributed by atoms with Crippen LogP contribution < -0.4 is 5.32 Å². The van der Waals surface area contributed by atoms with Crippen LogP contribution in [0.1, 0.15) is 17.8 Å². The molecule has 2 nitrogen and oxygen atoms in total. The van der Waals surface area contributed by atoms with Gasteiger partial charge in [-0.1, -0.05) is 11.6 Å². The average Bonchev–Trinajstić information content (AvgIpc) is 2.51. The molecule has 0 bridgehead atoms. The summed E-state index contributed by atoms with van der Waals surface area (Å²) in [6.07, 6.45) is 3.51. The maximum absolute atomic E-state index is 3.34. The summed E-state index contributed by atoms with van der Waals surface area (Å²) in [6.45, 7) is 7.59. The Labute approximate surface area is 85.6 Å². The summed E-state index contributed by atoms with van der Waals surface area (Å²) in [7, 11) is 0. The van der Waals surface area contributed by atoms with Gasteiger partial charge in [0.15, 0.2) is 0 Å². The van der Waals surface area contributed by atoms with E-state index in [1.165, 1.54) is 17.8 Å². The monoisotopic (exact) mass is 190 g/mol. The Balaban J connectivity index is 2.13. The fourth-order valence-electron chi connectivity index (χ4n) is 1.96. The van der Waals surface area contributed by atoms with E-state index in [9.17, 15) is 0 Å². The van der Waals surface area contributed by atoms with Gasteiger partial charge in [-0.15, -0.1) is 0 Å². The maximum atomic E-state index is 3.34. The molecule has 0 fully saturated rings. The largest absolute Gasteiger partial charge is 0.345 e. The van der Waals surface area contributed by atoms with Gasteiger partial charge in [0.1, 0.15) is 0 Å². The first-order valence-corrected chi connectivity index (χ1v) is 5.29. The van der Waals surface area contributed by atoms with Gasteiger partial charge in [-0.25, -0.2) is 0 Å². The van der Waals surface area contributed by atoms with Crippen molar-refractivity contribution in [2.75, 3.05) is 13.1 Å². The van der Waals surface area contributed by atoms with Crippen molar-refractivity contribution in [3.63, 3.8) is 0 Å². The predicted octanol–water partition coefficient (Wildman–Crippen LogP) is 2.02. The molecule has 76 valence electrons.